The first kappa shape index (κ1) is 28.6. The van der Waals surface area contributed by atoms with E-state index in [2.05, 4.69) is 33.0 Å². The Morgan fingerprint density at radius 2 is 2.00 bits per heavy atom. The van der Waals surface area contributed by atoms with Gasteiger partial charge in [-0.1, -0.05) is 45.9 Å². The van der Waals surface area contributed by atoms with E-state index in [9.17, 15) is 9.90 Å². The molecular weight excluding hydrogens is 428 g/mol. The van der Waals surface area contributed by atoms with Gasteiger partial charge in [-0.3, -0.25) is 4.79 Å². The van der Waals surface area contributed by atoms with Crippen LogP contribution in [0.2, 0.25) is 0 Å². The summed E-state index contributed by atoms with van der Waals surface area (Å²) in [6.45, 7) is 12.0. The number of amides is 1. The minimum atomic E-state index is -1.06. The molecule has 2 rings (SSSR count). The second-order valence-electron chi connectivity index (χ2n) is 11.3. The number of aliphatic hydroxyl groups is 1. The first-order valence-corrected chi connectivity index (χ1v) is 13.0. The Morgan fingerprint density at radius 3 is 2.68 bits per heavy atom. The van der Waals surface area contributed by atoms with Crippen molar-refractivity contribution in [3.8, 4) is 5.75 Å². The van der Waals surface area contributed by atoms with E-state index in [0.717, 1.165) is 50.1 Å². The average Bonchev–Trinajstić information content (AvgIpc) is 2.80. The standard InChI is InChI=1S/C28H48N2O4/c1-22(19-29-5)18-26(31)30-16-11-12-23(20-30)28(32,15-9-10-17-33-6)24-13-7-8-14-25(24)34-21-27(2,3)4/h7-8,13-14,22-23,29,32H,9-12,15-21H2,1-6H3/t22-,23-,28+/m1/s1. The molecule has 1 aliphatic heterocycles. The Balaban J connectivity index is 2.28. The molecule has 1 aromatic carbocycles. The van der Waals surface area contributed by atoms with Crippen LogP contribution in [0.4, 0.5) is 0 Å². The monoisotopic (exact) mass is 476 g/mol. The number of nitrogens with zero attached hydrogens (tertiary/aromatic N) is 1. The predicted octanol–water partition coefficient (Wildman–Crippen LogP) is 4.60. The predicted molar refractivity (Wildman–Crippen MR) is 138 cm³/mol. The summed E-state index contributed by atoms with van der Waals surface area (Å²) < 4.78 is 11.5. The van der Waals surface area contributed by atoms with Gasteiger partial charge in [-0.05, 0) is 63.1 Å². The van der Waals surface area contributed by atoms with Crippen molar-refractivity contribution in [1.82, 2.24) is 10.2 Å². The van der Waals surface area contributed by atoms with Crippen LogP contribution in [0.1, 0.15) is 71.8 Å². The number of rotatable bonds is 13. The first-order valence-electron chi connectivity index (χ1n) is 13.0. The third-order valence-corrected chi connectivity index (χ3v) is 6.70. The van der Waals surface area contributed by atoms with Gasteiger partial charge < -0.3 is 24.8 Å². The van der Waals surface area contributed by atoms with E-state index in [0.29, 0.717) is 32.6 Å². The highest BCUT2D eigenvalue weighted by Gasteiger charge is 2.42. The maximum atomic E-state index is 13.0. The van der Waals surface area contributed by atoms with Gasteiger partial charge in [0, 0.05) is 44.7 Å². The Bertz CT molecular complexity index is 748. The molecule has 1 heterocycles. The van der Waals surface area contributed by atoms with Gasteiger partial charge in [-0.2, -0.15) is 0 Å². The molecule has 0 aliphatic carbocycles. The van der Waals surface area contributed by atoms with Gasteiger partial charge in [0.1, 0.15) is 5.75 Å². The van der Waals surface area contributed by atoms with Crippen LogP contribution in [0.15, 0.2) is 24.3 Å². The van der Waals surface area contributed by atoms with Gasteiger partial charge in [0.15, 0.2) is 0 Å². The van der Waals surface area contributed by atoms with Crippen LogP contribution in [0.3, 0.4) is 0 Å². The zero-order valence-corrected chi connectivity index (χ0v) is 22.4. The lowest BCUT2D eigenvalue weighted by molar-refractivity contribution is -0.137. The van der Waals surface area contributed by atoms with Gasteiger partial charge >= 0.3 is 0 Å². The zero-order valence-electron chi connectivity index (χ0n) is 22.4. The molecule has 0 unspecified atom stereocenters. The number of carbonyl (C=O) groups excluding carboxylic acids is 1. The van der Waals surface area contributed by atoms with Crippen LogP contribution < -0.4 is 10.1 Å². The Morgan fingerprint density at radius 1 is 1.26 bits per heavy atom. The number of likely N-dealkylation sites (tertiary alicyclic amines) is 1. The van der Waals surface area contributed by atoms with Gasteiger partial charge in [0.05, 0.1) is 12.2 Å². The lowest BCUT2D eigenvalue weighted by Gasteiger charge is -2.43. The minimum absolute atomic E-state index is 0.0157. The Hall–Kier alpha value is -1.63. The highest BCUT2D eigenvalue weighted by molar-refractivity contribution is 5.76. The van der Waals surface area contributed by atoms with Gasteiger partial charge in [0.2, 0.25) is 5.91 Å². The van der Waals surface area contributed by atoms with Gasteiger partial charge in [0.25, 0.3) is 0 Å². The second-order valence-corrected chi connectivity index (χ2v) is 11.3. The number of ether oxygens (including phenoxy) is 2. The second kappa shape index (κ2) is 13.5. The SMILES string of the molecule is CNC[C@H](C)CC(=O)N1CCC[C@@H]([C@@](O)(CCCCOC)c2ccccc2OCC(C)(C)C)C1. The van der Waals surface area contributed by atoms with E-state index < -0.39 is 5.60 Å². The number of carbonyl (C=O) groups is 1. The van der Waals surface area contributed by atoms with Gasteiger partial charge in [-0.15, -0.1) is 0 Å². The van der Waals surface area contributed by atoms with Crippen molar-refractivity contribution in [2.45, 2.75) is 71.8 Å². The summed E-state index contributed by atoms with van der Waals surface area (Å²) in [5.41, 5.74) is -0.195. The summed E-state index contributed by atoms with van der Waals surface area (Å²) in [5.74, 6) is 1.19. The van der Waals surface area contributed by atoms with Crippen LogP contribution in [-0.4, -0.2) is 62.9 Å². The normalized spacial score (nSPS) is 19.5. The van der Waals surface area contributed by atoms with Gasteiger partial charge in [-0.25, -0.2) is 0 Å². The number of para-hydroxylation sites is 1. The average molecular weight is 477 g/mol. The van der Waals surface area contributed by atoms with Crippen molar-refractivity contribution < 1.29 is 19.4 Å². The molecule has 34 heavy (non-hydrogen) atoms. The molecule has 1 amide bonds. The minimum Gasteiger partial charge on any atom is -0.493 e. The maximum absolute atomic E-state index is 13.0. The van der Waals surface area contributed by atoms with Crippen molar-refractivity contribution >= 4 is 5.91 Å². The molecule has 2 N–H and O–H groups in total. The van der Waals surface area contributed by atoms with Crippen LogP contribution in [0, 0.1) is 17.3 Å². The molecule has 1 saturated heterocycles. The molecule has 0 radical (unpaired) electrons. The van der Waals surface area contributed by atoms with Crippen LogP contribution in [0.25, 0.3) is 0 Å². The number of hydrogen-bond donors (Lipinski definition) is 2. The molecule has 0 bridgehead atoms. The third-order valence-electron chi connectivity index (χ3n) is 6.70. The highest BCUT2D eigenvalue weighted by atomic mass is 16.5. The fraction of sp³-hybridized carbons (Fsp3) is 0.750. The third kappa shape index (κ3) is 8.54. The molecular formula is C28H48N2O4. The van der Waals surface area contributed by atoms with Crippen LogP contribution in [0.5, 0.6) is 5.75 Å². The van der Waals surface area contributed by atoms with Crippen LogP contribution in [-0.2, 0) is 15.1 Å². The highest BCUT2D eigenvalue weighted by Crippen LogP contribution is 2.43. The fourth-order valence-corrected chi connectivity index (χ4v) is 4.89. The van der Waals surface area contributed by atoms with E-state index in [-0.39, 0.29) is 23.2 Å². The summed E-state index contributed by atoms with van der Waals surface area (Å²) in [4.78, 5) is 15.0. The molecule has 6 nitrogen and oxygen atoms in total. The molecule has 3 atom stereocenters. The zero-order chi connectivity index (χ0) is 25.2. The molecule has 0 aromatic heterocycles. The molecule has 1 aliphatic rings. The molecule has 1 fully saturated rings. The number of benzene rings is 1. The summed E-state index contributed by atoms with van der Waals surface area (Å²) in [7, 11) is 3.63. The lowest BCUT2D eigenvalue weighted by atomic mass is 9.73. The summed E-state index contributed by atoms with van der Waals surface area (Å²) >= 11 is 0. The molecule has 6 heteroatoms. The smallest absolute Gasteiger partial charge is 0.222 e. The van der Waals surface area contributed by atoms with Crippen LogP contribution >= 0.6 is 0 Å². The molecule has 1 aromatic rings. The quantitative estimate of drug-likeness (QED) is 0.407. The Labute approximate surface area is 207 Å². The number of unbranched alkanes of at least 4 members (excludes halogenated alkanes) is 1. The number of nitrogens with one attached hydrogen (secondary N) is 1. The summed E-state index contributed by atoms with van der Waals surface area (Å²) in [5, 5.41) is 15.5. The van der Waals surface area contributed by atoms with Crippen molar-refractivity contribution in [3.05, 3.63) is 29.8 Å². The maximum Gasteiger partial charge on any atom is 0.222 e. The largest absolute Gasteiger partial charge is 0.493 e. The van der Waals surface area contributed by atoms with E-state index in [1.54, 1.807) is 7.11 Å². The number of hydrogen-bond acceptors (Lipinski definition) is 5. The van der Waals surface area contributed by atoms with Crippen molar-refractivity contribution in [3.63, 3.8) is 0 Å². The topological polar surface area (TPSA) is 71.0 Å². The number of methoxy groups -OCH3 is 1. The van der Waals surface area contributed by atoms with E-state index >= 15 is 0 Å². The van der Waals surface area contributed by atoms with E-state index in [1.165, 1.54) is 0 Å². The summed E-state index contributed by atoms with van der Waals surface area (Å²) in [6, 6.07) is 7.91. The Kier molecular flexibility index (Phi) is 11.3. The molecule has 0 saturated carbocycles. The van der Waals surface area contributed by atoms with Crippen molar-refractivity contribution in [2.75, 3.05) is 47.0 Å². The molecule has 0 spiro atoms. The van der Waals surface area contributed by atoms with E-state index in [1.807, 2.05) is 36.2 Å². The lowest BCUT2D eigenvalue weighted by Crippen LogP contribution is -2.48. The molecule has 194 valence electrons. The number of piperidine rings is 1. The van der Waals surface area contributed by atoms with Crippen molar-refractivity contribution in [1.29, 1.82) is 0 Å². The first-order chi connectivity index (χ1) is 16.1. The summed E-state index contributed by atoms with van der Waals surface area (Å²) in [6.07, 6.45) is 4.69. The van der Waals surface area contributed by atoms with E-state index in [4.69, 9.17) is 9.47 Å². The fourth-order valence-electron chi connectivity index (χ4n) is 4.89. The van der Waals surface area contributed by atoms with Crippen molar-refractivity contribution in [2.24, 2.45) is 17.3 Å².